The first-order chi connectivity index (χ1) is 8.47. The maximum Gasteiger partial charge on any atom is 0.0946 e. The van der Waals surface area contributed by atoms with E-state index in [4.69, 9.17) is 0 Å². The summed E-state index contributed by atoms with van der Waals surface area (Å²) >= 11 is 0. The molecule has 0 aliphatic heterocycles. The van der Waals surface area contributed by atoms with Gasteiger partial charge in [0, 0.05) is 31.0 Å². The molecule has 1 N–H and O–H groups in total. The average Bonchev–Trinajstić information content (AvgIpc) is 2.78. The molecule has 1 aromatic heterocycles. The fourth-order valence-corrected chi connectivity index (χ4v) is 2.22. The van der Waals surface area contributed by atoms with E-state index >= 15 is 0 Å². The van der Waals surface area contributed by atoms with Crippen LogP contribution < -0.4 is 5.32 Å². The third-order valence-electron chi connectivity index (χ3n) is 3.56. The number of aromatic nitrogens is 2. The van der Waals surface area contributed by atoms with Crippen molar-refractivity contribution >= 4 is 0 Å². The van der Waals surface area contributed by atoms with Crippen LogP contribution in [-0.4, -0.2) is 21.6 Å². The molecule has 0 aromatic carbocycles. The van der Waals surface area contributed by atoms with Crippen LogP contribution in [0.15, 0.2) is 18.7 Å². The normalized spacial score (nSPS) is 15.6. The van der Waals surface area contributed by atoms with Crippen molar-refractivity contribution in [2.75, 3.05) is 0 Å². The van der Waals surface area contributed by atoms with E-state index in [2.05, 4.69) is 49.5 Å². The fourth-order valence-electron chi connectivity index (χ4n) is 2.22. The number of nitrogens with one attached hydrogen (secondary N) is 1. The monoisotopic (exact) mass is 251 g/mol. The van der Waals surface area contributed by atoms with Crippen molar-refractivity contribution in [3.63, 3.8) is 0 Å². The third-order valence-corrected chi connectivity index (χ3v) is 3.56. The van der Waals surface area contributed by atoms with Gasteiger partial charge in [-0.3, -0.25) is 0 Å². The molecular weight excluding hydrogens is 222 g/mol. The summed E-state index contributed by atoms with van der Waals surface area (Å²) in [6.07, 6.45) is 9.50. The maximum atomic E-state index is 4.13. The lowest BCUT2D eigenvalue weighted by atomic mass is 9.85. The van der Waals surface area contributed by atoms with Crippen molar-refractivity contribution in [1.82, 2.24) is 14.9 Å². The van der Waals surface area contributed by atoms with Gasteiger partial charge >= 0.3 is 0 Å². The highest BCUT2D eigenvalue weighted by Gasteiger charge is 2.26. The second kappa shape index (κ2) is 6.93. The van der Waals surface area contributed by atoms with Gasteiger partial charge in [-0.05, 0) is 18.3 Å². The zero-order chi connectivity index (χ0) is 13.6. The zero-order valence-corrected chi connectivity index (χ0v) is 12.6. The van der Waals surface area contributed by atoms with Crippen molar-refractivity contribution in [2.24, 2.45) is 5.41 Å². The second-order valence-corrected chi connectivity index (χ2v) is 6.24. The molecule has 18 heavy (non-hydrogen) atoms. The molecule has 3 nitrogen and oxygen atoms in total. The highest BCUT2D eigenvalue weighted by Crippen LogP contribution is 2.22. The zero-order valence-electron chi connectivity index (χ0n) is 12.6. The van der Waals surface area contributed by atoms with Crippen molar-refractivity contribution in [3.8, 4) is 0 Å². The maximum absolute atomic E-state index is 4.13. The van der Waals surface area contributed by atoms with Gasteiger partial charge in [-0.1, -0.05) is 41.0 Å². The summed E-state index contributed by atoms with van der Waals surface area (Å²) < 4.78 is 2.17. The van der Waals surface area contributed by atoms with Crippen molar-refractivity contribution in [3.05, 3.63) is 18.7 Å². The third kappa shape index (κ3) is 4.81. The van der Waals surface area contributed by atoms with E-state index < -0.39 is 0 Å². The van der Waals surface area contributed by atoms with Crippen LogP contribution in [0.4, 0.5) is 0 Å². The molecule has 2 atom stereocenters. The molecule has 2 unspecified atom stereocenters. The molecule has 0 aliphatic carbocycles. The molecule has 0 spiro atoms. The first-order valence-corrected chi connectivity index (χ1v) is 7.19. The molecule has 1 aromatic rings. The summed E-state index contributed by atoms with van der Waals surface area (Å²) in [5, 5.41) is 3.83. The lowest BCUT2D eigenvalue weighted by Gasteiger charge is -2.35. The Balaban J connectivity index is 2.66. The Hall–Kier alpha value is -0.830. The molecule has 0 saturated heterocycles. The van der Waals surface area contributed by atoms with E-state index in [-0.39, 0.29) is 5.41 Å². The highest BCUT2D eigenvalue weighted by molar-refractivity contribution is 4.86. The quantitative estimate of drug-likeness (QED) is 0.804. The van der Waals surface area contributed by atoms with E-state index in [9.17, 15) is 0 Å². The molecule has 0 fully saturated rings. The summed E-state index contributed by atoms with van der Waals surface area (Å²) in [4.78, 5) is 4.13. The Morgan fingerprint density at radius 2 is 2.00 bits per heavy atom. The van der Waals surface area contributed by atoms with E-state index in [0.717, 1.165) is 6.54 Å². The fraction of sp³-hybridized carbons (Fsp3) is 0.800. The first-order valence-electron chi connectivity index (χ1n) is 7.19. The van der Waals surface area contributed by atoms with Crippen LogP contribution >= 0.6 is 0 Å². The Morgan fingerprint density at radius 1 is 1.28 bits per heavy atom. The minimum atomic E-state index is 0.255. The van der Waals surface area contributed by atoms with Crippen LogP contribution in [0.1, 0.15) is 53.9 Å². The topological polar surface area (TPSA) is 29.9 Å². The summed E-state index contributed by atoms with van der Waals surface area (Å²) in [6, 6.07) is 1.10. The molecule has 0 radical (unpaired) electrons. The molecule has 0 amide bonds. The van der Waals surface area contributed by atoms with Gasteiger partial charge in [0.1, 0.15) is 0 Å². The van der Waals surface area contributed by atoms with E-state index in [0.29, 0.717) is 12.1 Å². The van der Waals surface area contributed by atoms with Crippen molar-refractivity contribution in [2.45, 2.75) is 72.5 Å². The lowest BCUT2D eigenvalue weighted by Crippen LogP contribution is -2.48. The molecular formula is C15H29N3. The molecule has 1 rings (SSSR count). The second-order valence-electron chi connectivity index (χ2n) is 6.24. The lowest BCUT2D eigenvalue weighted by molar-refractivity contribution is 0.215. The Morgan fingerprint density at radius 3 is 2.44 bits per heavy atom. The van der Waals surface area contributed by atoms with Gasteiger partial charge < -0.3 is 9.88 Å². The SMILES string of the molecule is CCCC(CC)NC(Cn1ccnc1)C(C)(C)C. The predicted molar refractivity (Wildman–Crippen MR) is 77.6 cm³/mol. The van der Waals surface area contributed by atoms with Gasteiger partial charge in [-0.15, -0.1) is 0 Å². The Bertz CT molecular complexity index is 311. The van der Waals surface area contributed by atoms with Gasteiger partial charge in [-0.25, -0.2) is 4.98 Å². The smallest absolute Gasteiger partial charge is 0.0946 e. The van der Waals surface area contributed by atoms with Crippen molar-refractivity contribution < 1.29 is 0 Å². The Labute approximate surface area is 112 Å². The number of imidazole rings is 1. The summed E-state index contributed by atoms with van der Waals surface area (Å²) in [5.74, 6) is 0. The molecule has 0 bridgehead atoms. The van der Waals surface area contributed by atoms with Gasteiger partial charge in [0.05, 0.1) is 6.33 Å². The molecule has 3 heteroatoms. The van der Waals surface area contributed by atoms with E-state index in [1.54, 1.807) is 0 Å². The molecule has 0 saturated carbocycles. The average molecular weight is 251 g/mol. The molecule has 0 aliphatic rings. The van der Waals surface area contributed by atoms with Gasteiger partial charge in [0.2, 0.25) is 0 Å². The summed E-state index contributed by atoms with van der Waals surface area (Å²) in [6.45, 7) is 12.4. The van der Waals surface area contributed by atoms with Crippen LogP contribution in [0.3, 0.4) is 0 Å². The van der Waals surface area contributed by atoms with Crippen LogP contribution in [0, 0.1) is 5.41 Å². The number of hydrogen-bond donors (Lipinski definition) is 1. The first kappa shape index (κ1) is 15.2. The van der Waals surface area contributed by atoms with Gasteiger partial charge in [0.25, 0.3) is 0 Å². The highest BCUT2D eigenvalue weighted by atomic mass is 15.1. The summed E-state index contributed by atoms with van der Waals surface area (Å²) in [7, 11) is 0. The van der Waals surface area contributed by atoms with Crippen LogP contribution in [0.2, 0.25) is 0 Å². The van der Waals surface area contributed by atoms with Crippen molar-refractivity contribution in [1.29, 1.82) is 0 Å². The standard InChI is InChI=1S/C15H29N3/c1-6-8-13(7-2)17-14(15(3,4)5)11-18-10-9-16-12-18/h9-10,12-14,17H,6-8,11H2,1-5H3. The van der Waals surface area contributed by atoms with Gasteiger partial charge in [-0.2, -0.15) is 0 Å². The minimum absolute atomic E-state index is 0.255. The van der Waals surface area contributed by atoms with Crippen LogP contribution in [-0.2, 0) is 6.54 Å². The Kier molecular flexibility index (Phi) is 5.86. The van der Waals surface area contributed by atoms with Crippen LogP contribution in [0.5, 0.6) is 0 Å². The van der Waals surface area contributed by atoms with E-state index in [1.165, 1.54) is 19.3 Å². The molecule has 104 valence electrons. The summed E-state index contributed by atoms with van der Waals surface area (Å²) in [5.41, 5.74) is 0.255. The van der Waals surface area contributed by atoms with Crippen LogP contribution in [0.25, 0.3) is 0 Å². The predicted octanol–water partition coefficient (Wildman–Crippen LogP) is 3.47. The largest absolute Gasteiger partial charge is 0.336 e. The minimum Gasteiger partial charge on any atom is -0.336 e. The van der Waals surface area contributed by atoms with Gasteiger partial charge in [0.15, 0.2) is 0 Å². The number of rotatable bonds is 7. The van der Waals surface area contributed by atoms with E-state index in [1.807, 2.05) is 18.7 Å². The number of nitrogens with zero attached hydrogens (tertiary/aromatic N) is 2. The molecule has 1 heterocycles. The number of hydrogen-bond acceptors (Lipinski definition) is 2.